The van der Waals surface area contributed by atoms with E-state index in [2.05, 4.69) is 0 Å². The van der Waals surface area contributed by atoms with Crippen LogP contribution in [0.3, 0.4) is 0 Å². The summed E-state index contributed by atoms with van der Waals surface area (Å²) in [7, 11) is 0. The van der Waals surface area contributed by atoms with Crippen molar-refractivity contribution in [2.45, 2.75) is 20.0 Å². The van der Waals surface area contributed by atoms with Gasteiger partial charge in [-0.3, -0.25) is 14.4 Å². The van der Waals surface area contributed by atoms with E-state index < -0.39 is 23.9 Å². The molecule has 1 atom stereocenters. The molecule has 1 aliphatic rings. The van der Waals surface area contributed by atoms with Gasteiger partial charge in [0.1, 0.15) is 0 Å². The molecule has 0 unspecified atom stereocenters. The second-order valence-corrected chi connectivity index (χ2v) is 8.42. The molecule has 1 aliphatic heterocycles. The second-order valence-electron chi connectivity index (χ2n) is 7.58. The molecule has 6 nitrogen and oxygen atoms in total. The Kier molecular flexibility index (Phi) is 6.06. The zero-order chi connectivity index (χ0) is 23.9. The number of amides is 2. The molecule has 1 heterocycles. The van der Waals surface area contributed by atoms with Gasteiger partial charge in [0.05, 0.1) is 27.4 Å². The molecular weight excluding hydrogens is 465 g/mol. The number of carbonyl (C=O) groups is 4. The highest BCUT2D eigenvalue weighted by molar-refractivity contribution is 6.41. The maximum absolute atomic E-state index is 13.0. The number of ether oxygens (including phenoxy) is 1. The topological polar surface area (TPSA) is 80.8 Å². The summed E-state index contributed by atoms with van der Waals surface area (Å²) in [5, 5.41) is 0.500. The number of imide groups is 1. The Morgan fingerprint density at radius 2 is 1.48 bits per heavy atom. The van der Waals surface area contributed by atoms with Crippen LogP contribution < -0.4 is 4.90 Å². The Hall–Kier alpha value is -3.48. The minimum Gasteiger partial charge on any atom is -0.451 e. The van der Waals surface area contributed by atoms with Crippen LogP contribution in [0.15, 0.2) is 60.7 Å². The Morgan fingerprint density at radius 3 is 2.15 bits per heavy atom. The molecule has 3 aromatic rings. The van der Waals surface area contributed by atoms with E-state index in [9.17, 15) is 19.2 Å². The third-order valence-corrected chi connectivity index (χ3v) is 5.80. The second kappa shape index (κ2) is 8.81. The number of hydrogen-bond donors (Lipinski definition) is 0. The Morgan fingerprint density at radius 1 is 0.848 bits per heavy atom. The zero-order valence-corrected chi connectivity index (χ0v) is 19.1. The summed E-state index contributed by atoms with van der Waals surface area (Å²) in [6.07, 6.45) is -1.03. The van der Waals surface area contributed by atoms with Crippen molar-refractivity contribution in [2.24, 2.45) is 0 Å². The van der Waals surface area contributed by atoms with Crippen LogP contribution in [0.5, 0.6) is 0 Å². The van der Waals surface area contributed by atoms with E-state index in [0.717, 1.165) is 10.5 Å². The Labute approximate surface area is 199 Å². The lowest BCUT2D eigenvalue weighted by atomic mass is 10.0. The van der Waals surface area contributed by atoms with Crippen molar-refractivity contribution in [2.75, 3.05) is 4.90 Å². The van der Waals surface area contributed by atoms with Crippen LogP contribution in [-0.2, 0) is 4.74 Å². The molecule has 0 N–H and O–H groups in total. The number of esters is 1. The largest absolute Gasteiger partial charge is 0.451 e. The van der Waals surface area contributed by atoms with Crippen molar-refractivity contribution in [3.05, 3.63) is 98.5 Å². The molecule has 0 aliphatic carbocycles. The van der Waals surface area contributed by atoms with E-state index in [1.165, 1.54) is 43.3 Å². The zero-order valence-electron chi connectivity index (χ0n) is 17.6. The minimum atomic E-state index is -1.03. The van der Waals surface area contributed by atoms with Crippen molar-refractivity contribution >= 4 is 52.5 Å². The van der Waals surface area contributed by atoms with Crippen molar-refractivity contribution in [3.63, 3.8) is 0 Å². The quantitative estimate of drug-likeness (QED) is 0.271. The fraction of sp³-hybridized carbons (Fsp3) is 0.120. The highest BCUT2D eigenvalue weighted by Crippen LogP contribution is 2.35. The van der Waals surface area contributed by atoms with Gasteiger partial charge in [0.25, 0.3) is 11.8 Å². The van der Waals surface area contributed by atoms with Gasteiger partial charge in [-0.25, -0.2) is 9.69 Å². The molecule has 3 aromatic carbocycles. The first-order valence-corrected chi connectivity index (χ1v) is 10.7. The van der Waals surface area contributed by atoms with Gasteiger partial charge < -0.3 is 4.74 Å². The molecule has 0 saturated heterocycles. The number of nitrogens with zero attached hydrogens (tertiary/aromatic N) is 1. The van der Waals surface area contributed by atoms with Gasteiger partial charge in [0.15, 0.2) is 6.10 Å². The predicted octanol–water partition coefficient (Wildman–Crippen LogP) is 5.53. The monoisotopic (exact) mass is 481 g/mol. The first kappa shape index (κ1) is 22.7. The third kappa shape index (κ3) is 4.27. The Balaban J connectivity index is 1.55. The van der Waals surface area contributed by atoms with E-state index in [1.807, 2.05) is 6.92 Å². The highest BCUT2D eigenvalue weighted by Gasteiger charge is 2.38. The van der Waals surface area contributed by atoms with E-state index in [-0.39, 0.29) is 33.2 Å². The van der Waals surface area contributed by atoms with Crippen molar-refractivity contribution in [3.8, 4) is 0 Å². The normalized spacial score (nSPS) is 13.6. The van der Waals surface area contributed by atoms with Crippen LogP contribution in [-0.4, -0.2) is 29.7 Å². The number of aryl methyl sites for hydroxylation is 1. The molecule has 33 heavy (non-hydrogen) atoms. The summed E-state index contributed by atoms with van der Waals surface area (Å²) in [5.74, 6) is -2.33. The smallest absolute Gasteiger partial charge is 0.338 e. The first-order chi connectivity index (χ1) is 15.7. The van der Waals surface area contributed by atoms with Crippen LogP contribution in [0, 0.1) is 6.92 Å². The number of Topliss-reactive ketones (excluding diaryl/α,β-unsaturated/α-hetero) is 1. The standard InChI is InChI=1S/C25H17Cl2NO5/c1-13-3-5-15(6-4-13)22(29)14(2)33-25(32)16-7-9-18-19(11-16)24(31)28(23(18)30)21-10-8-17(26)12-20(21)27/h3-12,14H,1-2H3/t14-/m1/s1. The number of ketones is 1. The molecule has 166 valence electrons. The average Bonchev–Trinajstić information content (AvgIpc) is 3.03. The number of halogens is 2. The SMILES string of the molecule is Cc1ccc(C(=O)[C@@H](C)OC(=O)c2ccc3c(c2)C(=O)N(c2ccc(Cl)cc2Cl)C3=O)cc1. The molecule has 0 radical (unpaired) electrons. The molecule has 0 saturated carbocycles. The van der Waals surface area contributed by atoms with Crippen LogP contribution in [0.2, 0.25) is 10.0 Å². The van der Waals surface area contributed by atoms with Gasteiger partial charge in [-0.15, -0.1) is 0 Å². The maximum atomic E-state index is 13.0. The molecular formula is C25H17Cl2NO5. The summed E-state index contributed by atoms with van der Waals surface area (Å²) in [6, 6.07) is 15.4. The molecule has 0 aromatic heterocycles. The maximum Gasteiger partial charge on any atom is 0.338 e. The summed E-state index contributed by atoms with van der Waals surface area (Å²) in [4.78, 5) is 51.9. The summed E-state index contributed by atoms with van der Waals surface area (Å²) >= 11 is 12.1. The van der Waals surface area contributed by atoms with Crippen LogP contribution >= 0.6 is 23.2 Å². The van der Waals surface area contributed by atoms with Gasteiger partial charge in [0.2, 0.25) is 5.78 Å². The van der Waals surface area contributed by atoms with Crippen molar-refractivity contribution in [1.29, 1.82) is 0 Å². The molecule has 0 fully saturated rings. The van der Waals surface area contributed by atoms with E-state index in [1.54, 1.807) is 24.3 Å². The molecule has 4 rings (SSSR count). The van der Waals surface area contributed by atoms with Crippen LogP contribution in [0.1, 0.15) is 53.9 Å². The molecule has 0 bridgehead atoms. The average molecular weight is 482 g/mol. The fourth-order valence-corrected chi connectivity index (χ4v) is 3.98. The lowest BCUT2D eigenvalue weighted by Gasteiger charge is -2.15. The van der Waals surface area contributed by atoms with Crippen LogP contribution in [0.4, 0.5) is 5.69 Å². The summed E-state index contributed by atoms with van der Waals surface area (Å²) in [5.41, 5.74) is 1.83. The lowest BCUT2D eigenvalue weighted by molar-refractivity contribution is 0.0318. The van der Waals surface area contributed by atoms with Gasteiger partial charge in [-0.05, 0) is 50.2 Å². The number of carbonyl (C=O) groups excluding carboxylic acids is 4. The fourth-order valence-electron chi connectivity index (χ4n) is 3.48. The van der Waals surface area contributed by atoms with Crippen molar-refractivity contribution < 1.29 is 23.9 Å². The highest BCUT2D eigenvalue weighted by atomic mass is 35.5. The molecule has 0 spiro atoms. The van der Waals surface area contributed by atoms with Crippen molar-refractivity contribution in [1.82, 2.24) is 0 Å². The van der Waals surface area contributed by atoms with E-state index in [0.29, 0.717) is 10.6 Å². The number of anilines is 1. The van der Waals surface area contributed by atoms with Gasteiger partial charge in [0, 0.05) is 10.6 Å². The van der Waals surface area contributed by atoms with E-state index in [4.69, 9.17) is 27.9 Å². The number of benzene rings is 3. The van der Waals surface area contributed by atoms with Gasteiger partial charge in [-0.1, -0.05) is 53.0 Å². The predicted molar refractivity (Wildman–Crippen MR) is 124 cm³/mol. The minimum absolute atomic E-state index is 0.0398. The lowest BCUT2D eigenvalue weighted by Crippen LogP contribution is -2.29. The first-order valence-electron chi connectivity index (χ1n) is 9.97. The summed E-state index contributed by atoms with van der Waals surface area (Å²) < 4.78 is 5.31. The molecule has 8 heteroatoms. The number of hydrogen-bond acceptors (Lipinski definition) is 5. The Bertz CT molecular complexity index is 1320. The van der Waals surface area contributed by atoms with E-state index >= 15 is 0 Å². The van der Waals surface area contributed by atoms with Crippen LogP contribution in [0.25, 0.3) is 0 Å². The van der Waals surface area contributed by atoms with Gasteiger partial charge in [-0.2, -0.15) is 0 Å². The molecule has 2 amide bonds. The number of fused-ring (bicyclic) bond motifs is 1. The summed E-state index contributed by atoms with van der Waals surface area (Å²) in [6.45, 7) is 3.38. The third-order valence-electron chi connectivity index (χ3n) is 5.26. The van der Waals surface area contributed by atoms with Gasteiger partial charge >= 0.3 is 5.97 Å². The number of rotatable bonds is 5.